The molecule has 8 N–H and O–H groups in total. The van der Waals surface area contributed by atoms with Gasteiger partial charge in [0.2, 0.25) is 10.0 Å². The van der Waals surface area contributed by atoms with Crippen molar-refractivity contribution < 1.29 is 44.6 Å². The van der Waals surface area contributed by atoms with E-state index in [1.807, 2.05) is 77.8 Å². The molecule has 2 atom stereocenters. The van der Waals surface area contributed by atoms with Gasteiger partial charge in [-0.3, -0.25) is 20.0 Å². The largest absolute Gasteiger partial charge is 0.421 e. The Morgan fingerprint density at radius 2 is 1.06 bits per heavy atom. The first kappa shape index (κ1) is 72.6. The Morgan fingerprint density at radius 1 is 0.569 bits per heavy atom. The maximum Gasteiger partial charge on any atom is 0.326 e. The standard InChI is InChI=1S/C74H79F5N24O5S/c1-9-13-46-33-60(94-92-46)83-57-37-63(90-73(86-57)107-55-35-51(75)70-49(68(55)78)30-42(4)81-70)98-21-19-97(20-22-98)44(6)14-11-12-15-47-34-61(95-93-47)84-58-39-65(91-74(87-58)108-56-36-52(76)71-50(69(56)79)31-43(5)82-71)101-24-23-100(18-10-2)66(40-101)103-45(7)32-62(96-103)85-59-38-64(99-25-27-102(28-26-99)109(8,104)105)89-72(88-59)106-54-17-16-53-48(67(54)77)29-41(3)80-53/h9-10,12-13,15-17,29-39,44,66,80-82H,2,11,14,18-28,40H2,1,3-8H3,(H,85,88,89,96)(H2,83,86,90,92,94)(H2,84,87,91,93,95)/b13-9+,15-12+. The fourth-order valence-electron chi connectivity index (χ4n) is 13.9. The number of aromatic nitrogens is 15. The Morgan fingerprint density at radius 3 is 1.61 bits per heavy atom. The highest BCUT2D eigenvalue weighted by Gasteiger charge is 2.33. The van der Waals surface area contributed by atoms with Crippen LogP contribution < -0.4 is 44.9 Å². The number of allylic oxidation sites excluding steroid dienone is 2. The highest BCUT2D eigenvalue weighted by atomic mass is 32.2. The lowest BCUT2D eigenvalue weighted by Gasteiger charge is -2.41. The minimum Gasteiger partial charge on any atom is -0.421 e. The number of hydrogen-bond acceptors (Lipinski definition) is 22. The van der Waals surface area contributed by atoms with Crippen LogP contribution in [0.25, 0.3) is 44.9 Å². The first-order valence-electron chi connectivity index (χ1n) is 35.5. The molecule has 12 heterocycles. The molecule has 12 aromatic rings. The highest BCUT2D eigenvalue weighted by molar-refractivity contribution is 7.88. The van der Waals surface area contributed by atoms with E-state index >= 15 is 22.0 Å². The summed E-state index contributed by atoms with van der Waals surface area (Å²) >= 11 is 0. The van der Waals surface area contributed by atoms with Crippen LogP contribution >= 0.6 is 0 Å². The molecule has 3 aliphatic rings. The summed E-state index contributed by atoms with van der Waals surface area (Å²) in [6, 6.07) is 20.1. The molecular formula is C74H79F5N24O5S. The number of halogens is 5. The van der Waals surface area contributed by atoms with Crippen molar-refractivity contribution in [3.05, 3.63) is 167 Å². The molecule has 0 spiro atoms. The second kappa shape index (κ2) is 30.4. The Bertz CT molecular complexity index is 5580. The molecule has 566 valence electrons. The molecular weight excluding hydrogens is 1430 g/mol. The summed E-state index contributed by atoms with van der Waals surface area (Å²) in [5, 5.41) is 30.2. The summed E-state index contributed by atoms with van der Waals surface area (Å²) in [7, 11) is -3.44. The van der Waals surface area contributed by atoms with E-state index in [9.17, 15) is 8.42 Å². The summed E-state index contributed by atoms with van der Waals surface area (Å²) in [6.45, 7) is 20.8. The van der Waals surface area contributed by atoms with Crippen molar-refractivity contribution in [3.63, 3.8) is 0 Å². The number of aryl methyl sites for hydroxylation is 4. The van der Waals surface area contributed by atoms with E-state index in [0.29, 0.717) is 134 Å². The molecule has 0 radical (unpaired) electrons. The third-order valence-electron chi connectivity index (χ3n) is 19.3. The first-order chi connectivity index (χ1) is 52.5. The Hall–Kier alpha value is -12.0. The van der Waals surface area contributed by atoms with E-state index in [1.165, 1.54) is 28.8 Å². The van der Waals surface area contributed by atoms with Crippen LogP contribution in [0.1, 0.15) is 67.0 Å². The molecule has 0 aliphatic carbocycles. The van der Waals surface area contributed by atoms with Crippen molar-refractivity contribution in [1.29, 1.82) is 0 Å². The molecule has 3 aliphatic heterocycles. The van der Waals surface area contributed by atoms with E-state index in [0.717, 1.165) is 42.1 Å². The number of hydrogen-bond donors (Lipinski definition) is 8. The highest BCUT2D eigenvalue weighted by Crippen LogP contribution is 2.39. The van der Waals surface area contributed by atoms with Gasteiger partial charge in [0, 0.05) is 171 Å². The van der Waals surface area contributed by atoms with Crippen LogP contribution in [-0.4, -0.2) is 188 Å². The molecule has 2 unspecified atom stereocenters. The fraction of sp³-hybridized carbons (Fsp3) is 0.311. The van der Waals surface area contributed by atoms with Crippen molar-refractivity contribution in [2.75, 3.05) is 115 Å². The number of sulfonamides is 1. The van der Waals surface area contributed by atoms with Gasteiger partial charge in [0.05, 0.1) is 35.2 Å². The van der Waals surface area contributed by atoms with Gasteiger partial charge in [-0.1, -0.05) is 18.2 Å². The molecule has 29 nitrogen and oxygen atoms in total. The van der Waals surface area contributed by atoms with Gasteiger partial charge in [-0.2, -0.15) is 49.5 Å². The molecule has 3 saturated heterocycles. The van der Waals surface area contributed by atoms with Gasteiger partial charge in [-0.25, -0.2) is 35.1 Å². The predicted molar refractivity (Wildman–Crippen MR) is 407 cm³/mol. The van der Waals surface area contributed by atoms with E-state index in [-0.39, 0.29) is 82.1 Å². The number of aromatic amines is 5. The SMILES string of the molecule is C=CCN1CCN(c2cc(Nc3cc(/C=C/CCC(C)N4CCN(c5cc(Nc6cc(/C=C/C)[nH]n6)nc(Oc6cc(F)c7[nH]c(C)cc7c6F)n5)CC4)[nH]n3)nc(Oc3cc(F)c4[nH]c(C)cc4c3F)n2)CC1n1nc(Nc2cc(N3CCN(S(C)(=O)=O)CC3)nc(Oc3ccc4[nH]c(C)cc4c3F)n2)cc1C. The Labute approximate surface area is 622 Å². The van der Waals surface area contributed by atoms with Crippen molar-refractivity contribution in [3.8, 4) is 35.3 Å². The van der Waals surface area contributed by atoms with E-state index in [1.54, 1.807) is 44.2 Å². The van der Waals surface area contributed by atoms with Crippen LogP contribution in [-0.2, 0) is 10.0 Å². The summed E-state index contributed by atoms with van der Waals surface area (Å²) in [4.78, 5) is 47.6. The summed E-state index contributed by atoms with van der Waals surface area (Å²) in [5.41, 5.74) is 4.78. The van der Waals surface area contributed by atoms with Crippen molar-refractivity contribution in [2.24, 2.45) is 0 Å². The zero-order valence-electron chi connectivity index (χ0n) is 60.6. The number of benzene rings is 3. The van der Waals surface area contributed by atoms with Crippen LogP contribution in [0.2, 0.25) is 0 Å². The van der Waals surface area contributed by atoms with Gasteiger partial charge in [0.15, 0.2) is 63.8 Å². The number of H-pyrrole nitrogens is 5. The number of fused-ring (bicyclic) bond motifs is 3. The van der Waals surface area contributed by atoms with Crippen molar-refractivity contribution >= 4 is 107 Å². The topological polar surface area (TPSA) is 317 Å². The van der Waals surface area contributed by atoms with Gasteiger partial charge in [-0.05, 0) is 96.9 Å². The zero-order chi connectivity index (χ0) is 75.9. The molecule has 109 heavy (non-hydrogen) atoms. The lowest BCUT2D eigenvalue weighted by atomic mass is 10.1. The van der Waals surface area contributed by atoms with Crippen LogP contribution in [0.3, 0.4) is 0 Å². The number of ether oxygens (including phenoxy) is 3. The average molecular weight is 1510 g/mol. The number of piperazine rings is 3. The third kappa shape index (κ3) is 15.9. The quantitative estimate of drug-likeness (QED) is 0.0195. The molecule has 35 heteroatoms. The van der Waals surface area contributed by atoms with Gasteiger partial charge in [0.25, 0.3) is 0 Å². The fourth-order valence-corrected chi connectivity index (χ4v) is 14.7. The second-order valence-electron chi connectivity index (χ2n) is 27.2. The normalized spacial score (nSPS) is 16.1. The molecule has 3 aromatic carbocycles. The number of rotatable bonds is 25. The monoisotopic (exact) mass is 1510 g/mol. The van der Waals surface area contributed by atoms with Crippen LogP contribution in [0, 0.1) is 56.8 Å². The smallest absolute Gasteiger partial charge is 0.326 e. The summed E-state index contributed by atoms with van der Waals surface area (Å²) in [6.07, 6.45) is 11.9. The summed E-state index contributed by atoms with van der Waals surface area (Å²) in [5.74, 6) is -0.957. The van der Waals surface area contributed by atoms with Crippen LogP contribution in [0.4, 0.5) is 74.3 Å². The lowest BCUT2D eigenvalue weighted by Crippen LogP contribution is -2.51. The first-order valence-corrected chi connectivity index (χ1v) is 37.4. The number of anilines is 9. The molecule has 0 saturated carbocycles. The number of nitrogens with zero attached hydrogens (tertiary/aromatic N) is 16. The molecule has 3 fully saturated rings. The Kier molecular flexibility index (Phi) is 20.2. The molecule has 9 aromatic heterocycles. The van der Waals surface area contributed by atoms with E-state index < -0.39 is 51.0 Å². The van der Waals surface area contributed by atoms with E-state index in [2.05, 4.69) is 106 Å². The van der Waals surface area contributed by atoms with E-state index in [4.69, 9.17) is 29.3 Å². The second-order valence-corrected chi connectivity index (χ2v) is 29.2. The molecule has 0 bridgehead atoms. The maximum absolute atomic E-state index is 16.3. The minimum atomic E-state index is -3.44. The maximum atomic E-state index is 16.3. The predicted octanol–water partition coefficient (Wildman–Crippen LogP) is 13.3. The van der Waals surface area contributed by atoms with Gasteiger partial charge >= 0.3 is 18.0 Å². The average Bonchev–Trinajstić information content (AvgIpc) is 1.54. The van der Waals surface area contributed by atoms with Crippen LogP contribution in [0.15, 0.2) is 104 Å². The Balaban J connectivity index is 0.632. The third-order valence-corrected chi connectivity index (χ3v) is 20.6. The van der Waals surface area contributed by atoms with Gasteiger partial charge < -0.3 is 59.8 Å². The van der Waals surface area contributed by atoms with Gasteiger partial charge in [-0.15, -0.1) is 6.58 Å². The molecule has 15 rings (SSSR count). The summed E-state index contributed by atoms with van der Waals surface area (Å²) < 4.78 is 125. The minimum absolute atomic E-state index is 0.00126. The van der Waals surface area contributed by atoms with Gasteiger partial charge in [0.1, 0.15) is 41.1 Å². The lowest BCUT2D eigenvalue weighted by molar-refractivity contribution is 0.124. The van der Waals surface area contributed by atoms with Crippen molar-refractivity contribution in [1.82, 2.24) is 89.1 Å². The van der Waals surface area contributed by atoms with Crippen molar-refractivity contribution in [2.45, 2.75) is 66.6 Å². The molecule has 0 amide bonds. The number of nitrogens with one attached hydrogen (secondary N) is 8. The van der Waals surface area contributed by atoms with Crippen LogP contribution in [0.5, 0.6) is 35.3 Å². The zero-order valence-corrected chi connectivity index (χ0v) is 61.5.